The van der Waals surface area contributed by atoms with Gasteiger partial charge >= 0.3 is 0 Å². The molecular formula is C22H24N4O3. The molecule has 1 aliphatic heterocycles. The molecule has 29 heavy (non-hydrogen) atoms. The average Bonchev–Trinajstić information content (AvgIpc) is 3.21. The van der Waals surface area contributed by atoms with Crippen LogP contribution >= 0.6 is 0 Å². The van der Waals surface area contributed by atoms with E-state index >= 15 is 0 Å². The van der Waals surface area contributed by atoms with Crippen molar-refractivity contribution >= 4 is 17.3 Å². The van der Waals surface area contributed by atoms with Gasteiger partial charge in [0, 0.05) is 24.5 Å². The fourth-order valence-electron chi connectivity index (χ4n) is 3.37. The standard InChI is InChI=1S/C22H24N4O3/c1-16-14-18(25-10-12-29-13-11-25)8-9-19(16)23-22(27)21-20(28-2)15-26(24-21)17-6-4-3-5-7-17/h3-9,14-15H,10-13H2,1-2H3,(H,23,27). The van der Waals surface area contributed by atoms with Gasteiger partial charge in [0.2, 0.25) is 0 Å². The summed E-state index contributed by atoms with van der Waals surface area (Å²) >= 11 is 0. The van der Waals surface area contributed by atoms with E-state index in [2.05, 4.69) is 21.4 Å². The third-order valence-corrected chi connectivity index (χ3v) is 4.97. The Bertz CT molecular complexity index is 995. The Morgan fingerprint density at radius 1 is 1.10 bits per heavy atom. The van der Waals surface area contributed by atoms with E-state index in [0.29, 0.717) is 5.75 Å². The number of rotatable bonds is 5. The number of methoxy groups -OCH3 is 1. The molecule has 1 amide bonds. The first-order valence-corrected chi connectivity index (χ1v) is 9.59. The number of benzene rings is 2. The topological polar surface area (TPSA) is 68.6 Å². The van der Waals surface area contributed by atoms with Crippen LogP contribution in [0.1, 0.15) is 16.1 Å². The highest BCUT2D eigenvalue weighted by molar-refractivity contribution is 6.05. The van der Waals surface area contributed by atoms with Crippen molar-refractivity contribution in [2.24, 2.45) is 0 Å². The van der Waals surface area contributed by atoms with Gasteiger partial charge in [-0.3, -0.25) is 4.79 Å². The summed E-state index contributed by atoms with van der Waals surface area (Å²) < 4.78 is 12.4. The van der Waals surface area contributed by atoms with Gasteiger partial charge < -0.3 is 19.7 Å². The highest BCUT2D eigenvalue weighted by Gasteiger charge is 2.20. The van der Waals surface area contributed by atoms with Crippen LogP contribution < -0.4 is 15.0 Å². The van der Waals surface area contributed by atoms with Crippen LogP contribution in [0.4, 0.5) is 11.4 Å². The molecule has 0 atom stereocenters. The van der Waals surface area contributed by atoms with Gasteiger partial charge in [-0.15, -0.1) is 0 Å². The second-order valence-corrected chi connectivity index (χ2v) is 6.88. The second-order valence-electron chi connectivity index (χ2n) is 6.88. The first-order valence-electron chi connectivity index (χ1n) is 9.59. The molecule has 3 aromatic rings. The lowest BCUT2D eigenvalue weighted by Crippen LogP contribution is -2.36. The van der Waals surface area contributed by atoms with Crippen LogP contribution in [0.2, 0.25) is 0 Å². The Kier molecular flexibility index (Phi) is 5.48. The van der Waals surface area contributed by atoms with Crippen molar-refractivity contribution in [1.29, 1.82) is 0 Å². The van der Waals surface area contributed by atoms with Gasteiger partial charge in [0.05, 0.1) is 32.2 Å². The largest absolute Gasteiger partial charge is 0.493 e. The number of nitrogens with zero attached hydrogens (tertiary/aromatic N) is 3. The number of carbonyl (C=O) groups excluding carboxylic acids is 1. The van der Waals surface area contributed by atoms with Crippen LogP contribution in [0.3, 0.4) is 0 Å². The number of hydrogen-bond acceptors (Lipinski definition) is 5. The molecule has 1 fully saturated rings. The van der Waals surface area contributed by atoms with Gasteiger partial charge in [-0.25, -0.2) is 4.68 Å². The molecular weight excluding hydrogens is 368 g/mol. The minimum Gasteiger partial charge on any atom is -0.493 e. The van der Waals surface area contributed by atoms with E-state index in [0.717, 1.165) is 48.9 Å². The third-order valence-electron chi connectivity index (χ3n) is 4.97. The predicted octanol–water partition coefficient (Wildman–Crippen LogP) is 3.28. The number of morpholine rings is 1. The Balaban J connectivity index is 1.54. The first-order chi connectivity index (χ1) is 14.2. The quantitative estimate of drug-likeness (QED) is 0.722. The van der Waals surface area contributed by atoms with Gasteiger partial charge in [-0.1, -0.05) is 18.2 Å². The minimum absolute atomic E-state index is 0.244. The van der Waals surface area contributed by atoms with Crippen LogP contribution in [0.15, 0.2) is 54.7 Å². The molecule has 2 heterocycles. The molecule has 0 bridgehead atoms. The fraction of sp³-hybridized carbons (Fsp3) is 0.273. The molecule has 1 N–H and O–H groups in total. The van der Waals surface area contributed by atoms with E-state index < -0.39 is 0 Å². The summed E-state index contributed by atoms with van der Waals surface area (Å²) in [5.74, 6) is 0.118. The number of aromatic nitrogens is 2. The zero-order chi connectivity index (χ0) is 20.2. The molecule has 1 saturated heterocycles. The third kappa shape index (κ3) is 4.09. The van der Waals surface area contributed by atoms with Gasteiger partial charge in [-0.05, 0) is 42.8 Å². The number of hydrogen-bond donors (Lipinski definition) is 1. The maximum atomic E-state index is 12.9. The van der Waals surface area contributed by atoms with Gasteiger partial charge in [0.25, 0.3) is 5.91 Å². The lowest BCUT2D eigenvalue weighted by molar-refractivity contribution is 0.101. The summed E-state index contributed by atoms with van der Waals surface area (Å²) in [6.45, 7) is 5.21. The second kappa shape index (κ2) is 8.36. The molecule has 0 unspecified atom stereocenters. The highest BCUT2D eigenvalue weighted by atomic mass is 16.5. The molecule has 0 radical (unpaired) electrons. The Morgan fingerprint density at radius 2 is 1.86 bits per heavy atom. The fourth-order valence-corrected chi connectivity index (χ4v) is 3.37. The van der Waals surface area contributed by atoms with E-state index in [1.165, 1.54) is 7.11 Å². The number of aryl methyl sites for hydroxylation is 1. The van der Waals surface area contributed by atoms with Crippen molar-refractivity contribution in [3.05, 3.63) is 66.0 Å². The Hall–Kier alpha value is -3.32. The maximum Gasteiger partial charge on any atom is 0.280 e. The molecule has 7 heteroatoms. The van der Waals surface area contributed by atoms with Gasteiger partial charge in [0.15, 0.2) is 11.4 Å². The van der Waals surface area contributed by atoms with Crippen LogP contribution in [0.25, 0.3) is 5.69 Å². The highest BCUT2D eigenvalue weighted by Crippen LogP contribution is 2.25. The van der Waals surface area contributed by atoms with Crippen LogP contribution in [-0.2, 0) is 4.74 Å². The molecule has 0 spiro atoms. The number of carbonyl (C=O) groups is 1. The number of para-hydroxylation sites is 1. The molecule has 1 aliphatic rings. The van der Waals surface area contributed by atoms with E-state index in [-0.39, 0.29) is 11.6 Å². The Morgan fingerprint density at radius 3 is 2.55 bits per heavy atom. The lowest BCUT2D eigenvalue weighted by Gasteiger charge is -2.29. The van der Waals surface area contributed by atoms with Crippen LogP contribution in [-0.4, -0.2) is 49.1 Å². The molecule has 7 nitrogen and oxygen atoms in total. The molecule has 150 valence electrons. The first kappa shape index (κ1) is 19.0. The monoisotopic (exact) mass is 392 g/mol. The molecule has 4 rings (SSSR count). The van der Waals surface area contributed by atoms with Crippen molar-refractivity contribution in [1.82, 2.24) is 9.78 Å². The number of nitrogens with one attached hydrogen (secondary N) is 1. The summed E-state index contributed by atoms with van der Waals surface area (Å²) in [5.41, 5.74) is 3.98. The molecule has 1 aromatic heterocycles. The summed E-state index contributed by atoms with van der Waals surface area (Å²) in [6, 6.07) is 15.6. The van der Waals surface area contributed by atoms with Gasteiger partial charge in [-0.2, -0.15) is 5.10 Å². The van der Waals surface area contributed by atoms with Crippen molar-refractivity contribution in [3.8, 4) is 11.4 Å². The van der Waals surface area contributed by atoms with Gasteiger partial charge in [0.1, 0.15) is 0 Å². The van der Waals surface area contributed by atoms with Crippen molar-refractivity contribution in [2.75, 3.05) is 43.6 Å². The van der Waals surface area contributed by atoms with Crippen molar-refractivity contribution < 1.29 is 14.3 Å². The molecule has 2 aromatic carbocycles. The number of anilines is 2. The predicted molar refractivity (Wildman–Crippen MR) is 112 cm³/mol. The SMILES string of the molecule is COc1cn(-c2ccccc2)nc1C(=O)Nc1ccc(N2CCOCC2)cc1C. The normalized spacial score (nSPS) is 13.9. The number of ether oxygens (including phenoxy) is 2. The zero-order valence-electron chi connectivity index (χ0n) is 16.6. The zero-order valence-corrected chi connectivity index (χ0v) is 16.6. The van der Waals surface area contributed by atoms with E-state index in [9.17, 15) is 4.79 Å². The molecule has 0 saturated carbocycles. The maximum absolute atomic E-state index is 12.9. The van der Waals surface area contributed by atoms with E-state index in [4.69, 9.17) is 9.47 Å². The van der Waals surface area contributed by atoms with E-state index in [1.54, 1.807) is 10.9 Å². The number of amides is 1. The summed E-state index contributed by atoms with van der Waals surface area (Å²) in [7, 11) is 1.53. The Labute approximate surface area is 169 Å². The van der Waals surface area contributed by atoms with Crippen LogP contribution in [0.5, 0.6) is 5.75 Å². The average molecular weight is 392 g/mol. The smallest absolute Gasteiger partial charge is 0.280 e. The summed E-state index contributed by atoms with van der Waals surface area (Å²) in [5, 5.41) is 7.38. The van der Waals surface area contributed by atoms with Crippen molar-refractivity contribution in [2.45, 2.75) is 6.92 Å². The van der Waals surface area contributed by atoms with E-state index in [1.807, 2.05) is 49.4 Å². The minimum atomic E-state index is -0.307. The van der Waals surface area contributed by atoms with Crippen LogP contribution in [0, 0.1) is 6.92 Å². The summed E-state index contributed by atoms with van der Waals surface area (Å²) in [4.78, 5) is 15.2. The molecule has 0 aliphatic carbocycles. The summed E-state index contributed by atoms with van der Waals surface area (Å²) in [6.07, 6.45) is 1.71. The lowest BCUT2D eigenvalue weighted by atomic mass is 10.1. The van der Waals surface area contributed by atoms with Crippen molar-refractivity contribution in [3.63, 3.8) is 0 Å².